The topological polar surface area (TPSA) is 38.4 Å². The molecule has 0 radical (unpaired) electrons. The Bertz CT molecular complexity index is 407. The van der Waals surface area contributed by atoms with Crippen molar-refractivity contribution in [2.45, 2.75) is 25.4 Å². The number of aliphatic imine (C=N–C) groups is 1. The summed E-state index contributed by atoms with van der Waals surface area (Å²) in [5.74, 6) is -5.10. The maximum atomic E-state index is 13.6. The van der Waals surface area contributed by atoms with E-state index >= 15 is 0 Å². The summed E-state index contributed by atoms with van der Waals surface area (Å²) >= 11 is 0. The molecule has 2 rings (SSSR count). The van der Waals surface area contributed by atoms with Crippen molar-refractivity contribution in [1.82, 2.24) is 0 Å². The Balaban J connectivity index is 2.52. The normalized spacial score (nSPS) is 36.0. The molecule has 2 fully saturated rings. The number of hydrogen-bond acceptors (Lipinski definition) is 2. The van der Waals surface area contributed by atoms with Crippen LogP contribution in [0, 0.1) is 11.8 Å². The summed E-state index contributed by atoms with van der Waals surface area (Å²) in [6.45, 7) is 1.51. The van der Waals surface area contributed by atoms with Crippen LogP contribution in [-0.2, 0) is 0 Å². The molecule has 0 amide bonds. The summed E-state index contributed by atoms with van der Waals surface area (Å²) in [5.41, 5.74) is 2.27. The minimum Gasteiger partial charge on any atom is -0.394 e. The Morgan fingerprint density at radius 3 is 2.53 bits per heavy atom. The van der Waals surface area contributed by atoms with Crippen molar-refractivity contribution in [1.29, 1.82) is 0 Å². The van der Waals surface area contributed by atoms with Gasteiger partial charge in [-0.2, -0.15) is 22.0 Å². The lowest BCUT2D eigenvalue weighted by Crippen LogP contribution is -2.31. The van der Waals surface area contributed by atoms with Gasteiger partial charge in [0.2, 0.25) is 0 Å². The fraction of sp³-hybridized carbons (Fsp3) is 0.700. The van der Waals surface area contributed by atoms with Crippen LogP contribution < -0.4 is 5.73 Å². The van der Waals surface area contributed by atoms with Crippen LogP contribution in [0.4, 0.5) is 22.0 Å². The van der Waals surface area contributed by atoms with E-state index in [2.05, 4.69) is 4.99 Å². The van der Waals surface area contributed by atoms with Crippen molar-refractivity contribution in [2.75, 3.05) is 6.54 Å². The zero-order chi connectivity index (χ0) is 13.0. The van der Waals surface area contributed by atoms with Gasteiger partial charge in [-0.25, -0.2) is 0 Å². The molecule has 0 unspecified atom stereocenters. The SMILES string of the molecule is CCN=C1/C(=C(\N)C(F)(F)F)[C@H]2C[C@H]2C1(F)F. The molecule has 0 heterocycles. The molecule has 2 N–H and O–H groups in total. The minimum atomic E-state index is -4.78. The first-order valence-electron chi connectivity index (χ1n) is 5.21. The van der Waals surface area contributed by atoms with Gasteiger partial charge in [-0.3, -0.25) is 4.99 Å². The highest BCUT2D eigenvalue weighted by atomic mass is 19.4. The van der Waals surface area contributed by atoms with Gasteiger partial charge < -0.3 is 5.73 Å². The van der Waals surface area contributed by atoms with Crippen LogP contribution in [0.2, 0.25) is 0 Å². The molecule has 0 bridgehead atoms. The summed E-state index contributed by atoms with van der Waals surface area (Å²) in [6, 6.07) is 0. The van der Waals surface area contributed by atoms with Crippen LogP contribution in [-0.4, -0.2) is 24.4 Å². The molecule has 2 aliphatic rings. The number of allylic oxidation sites excluding steroid dienone is 2. The third-order valence-electron chi connectivity index (χ3n) is 3.11. The minimum absolute atomic E-state index is 0.0129. The predicted octanol–water partition coefficient (Wildman–Crippen LogP) is 2.51. The molecule has 0 aromatic carbocycles. The maximum absolute atomic E-state index is 13.6. The van der Waals surface area contributed by atoms with Crippen molar-refractivity contribution in [3.63, 3.8) is 0 Å². The molecule has 2 saturated carbocycles. The zero-order valence-electron chi connectivity index (χ0n) is 8.98. The van der Waals surface area contributed by atoms with Crippen molar-refractivity contribution >= 4 is 5.71 Å². The molecule has 17 heavy (non-hydrogen) atoms. The van der Waals surface area contributed by atoms with Gasteiger partial charge in [0.15, 0.2) is 0 Å². The number of rotatable bonds is 1. The number of halogens is 5. The lowest BCUT2D eigenvalue weighted by atomic mass is 10.0. The van der Waals surface area contributed by atoms with Gasteiger partial charge in [0.25, 0.3) is 5.92 Å². The number of nitrogens with two attached hydrogens (primary N) is 1. The highest BCUT2D eigenvalue weighted by Crippen LogP contribution is 2.62. The Morgan fingerprint density at radius 1 is 1.47 bits per heavy atom. The van der Waals surface area contributed by atoms with E-state index in [4.69, 9.17) is 5.73 Å². The molecule has 0 saturated heterocycles. The van der Waals surface area contributed by atoms with Crippen molar-refractivity contribution in [3.8, 4) is 0 Å². The van der Waals surface area contributed by atoms with Gasteiger partial charge in [0.05, 0.1) is 0 Å². The van der Waals surface area contributed by atoms with Crippen LogP contribution in [0.3, 0.4) is 0 Å². The number of hydrogen-bond donors (Lipinski definition) is 1. The van der Waals surface area contributed by atoms with E-state index in [-0.39, 0.29) is 13.0 Å². The van der Waals surface area contributed by atoms with Gasteiger partial charge >= 0.3 is 6.18 Å². The predicted molar refractivity (Wildman–Crippen MR) is 51.8 cm³/mol. The number of fused-ring (bicyclic) bond motifs is 1. The van der Waals surface area contributed by atoms with Crippen LogP contribution in [0.25, 0.3) is 0 Å². The van der Waals surface area contributed by atoms with Gasteiger partial charge in [-0.05, 0) is 19.3 Å². The molecular weight excluding hydrogens is 243 g/mol. The highest BCUT2D eigenvalue weighted by molar-refractivity contribution is 6.10. The number of alkyl halides is 5. The molecule has 0 aromatic heterocycles. The van der Waals surface area contributed by atoms with Crippen molar-refractivity contribution in [3.05, 3.63) is 11.3 Å². The fourth-order valence-corrected chi connectivity index (χ4v) is 2.27. The van der Waals surface area contributed by atoms with Crippen LogP contribution in [0.1, 0.15) is 13.3 Å². The Kier molecular flexibility index (Phi) is 2.48. The third kappa shape index (κ3) is 1.71. The molecule has 2 atom stereocenters. The van der Waals surface area contributed by atoms with Gasteiger partial charge in [-0.1, -0.05) is 0 Å². The second-order valence-electron chi connectivity index (χ2n) is 4.22. The first-order valence-corrected chi connectivity index (χ1v) is 5.21. The molecule has 2 aliphatic carbocycles. The fourth-order valence-electron chi connectivity index (χ4n) is 2.27. The van der Waals surface area contributed by atoms with Crippen LogP contribution >= 0.6 is 0 Å². The van der Waals surface area contributed by atoms with E-state index < -0.39 is 40.9 Å². The van der Waals surface area contributed by atoms with Gasteiger partial charge in [0, 0.05) is 18.0 Å². The second kappa shape index (κ2) is 3.43. The first-order chi connectivity index (χ1) is 7.71. The van der Waals surface area contributed by atoms with Crippen LogP contribution in [0.5, 0.6) is 0 Å². The first kappa shape index (κ1) is 12.3. The quantitative estimate of drug-likeness (QED) is 0.717. The summed E-state index contributed by atoms with van der Waals surface area (Å²) in [7, 11) is 0. The smallest absolute Gasteiger partial charge is 0.394 e. The van der Waals surface area contributed by atoms with E-state index in [9.17, 15) is 22.0 Å². The average molecular weight is 254 g/mol. The monoisotopic (exact) mass is 254 g/mol. The molecule has 0 aromatic rings. The van der Waals surface area contributed by atoms with E-state index in [1.165, 1.54) is 6.92 Å². The second-order valence-corrected chi connectivity index (χ2v) is 4.22. The molecule has 0 spiro atoms. The number of nitrogens with zero attached hydrogens (tertiary/aromatic N) is 1. The lowest BCUT2D eigenvalue weighted by molar-refractivity contribution is -0.0933. The molecule has 7 heteroatoms. The van der Waals surface area contributed by atoms with Gasteiger partial charge in [-0.15, -0.1) is 0 Å². The molecular formula is C10H11F5N2. The standard InChI is InChI=1S/C10H11F5N2/c1-2-17-8-6(7(16)10(13,14)15)4-3-5(4)9(8,11)12/h4-5H,2-3,16H2,1H3/b7-6-,17-8?/t4-,5+/m0/s1. The van der Waals surface area contributed by atoms with Gasteiger partial charge in [0.1, 0.15) is 11.4 Å². The Labute approximate surface area is 94.4 Å². The molecule has 2 nitrogen and oxygen atoms in total. The largest absolute Gasteiger partial charge is 0.431 e. The highest BCUT2D eigenvalue weighted by Gasteiger charge is 2.68. The third-order valence-corrected chi connectivity index (χ3v) is 3.11. The van der Waals surface area contributed by atoms with Crippen LogP contribution in [0.15, 0.2) is 16.3 Å². The van der Waals surface area contributed by atoms with E-state index in [0.29, 0.717) is 0 Å². The summed E-state index contributed by atoms with van der Waals surface area (Å²) in [6.07, 6.45) is -4.72. The van der Waals surface area contributed by atoms with E-state index in [1.54, 1.807) is 0 Å². The van der Waals surface area contributed by atoms with Crippen molar-refractivity contribution < 1.29 is 22.0 Å². The Morgan fingerprint density at radius 2 is 2.06 bits per heavy atom. The van der Waals surface area contributed by atoms with Crippen molar-refractivity contribution in [2.24, 2.45) is 22.6 Å². The maximum Gasteiger partial charge on any atom is 0.431 e. The summed E-state index contributed by atoms with van der Waals surface area (Å²) in [5, 5.41) is 0. The average Bonchev–Trinajstić information content (AvgIpc) is 2.91. The Hall–Kier alpha value is -1.14. The molecule has 0 aliphatic heterocycles. The van der Waals surface area contributed by atoms with E-state index in [1.807, 2.05) is 0 Å². The molecule has 96 valence electrons. The summed E-state index contributed by atoms with van der Waals surface area (Å²) in [4.78, 5) is 3.50. The summed E-state index contributed by atoms with van der Waals surface area (Å²) < 4.78 is 64.7. The zero-order valence-corrected chi connectivity index (χ0v) is 8.98. The van der Waals surface area contributed by atoms with E-state index in [0.717, 1.165) is 0 Å². The lowest BCUT2D eigenvalue weighted by Gasteiger charge is -2.17.